The lowest BCUT2D eigenvalue weighted by Crippen LogP contribution is -2.30. The molecule has 0 bridgehead atoms. The van der Waals surface area contributed by atoms with Crippen LogP contribution in [0.5, 0.6) is 0 Å². The van der Waals surface area contributed by atoms with Crippen LogP contribution in [-0.4, -0.2) is 96.7 Å². The second-order valence-electron chi connectivity index (χ2n) is 30.2. The highest BCUT2D eigenvalue weighted by Gasteiger charge is 2.30. The van der Waals surface area contributed by atoms with Gasteiger partial charge in [0.25, 0.3) is 0 Å². The minimum Gasteiger partial charge on any atom is -0.462 e. The lowest BCUT2D eigenvalue weighted by atomic mass is 10.0. The first-order valence-corrected chi connectivity index (χ1v) is 44.3. The molecule has 3 N–H and O–H groups in total. The summed E-state index contributed by atoms with van der Waals surface area (Å²) in [5, 5.41) is 10.6. The van der Waals surface area contributed by atoms with Crippen LogP contribution >= 0.6 is 15.6 Å². The summed E-state index contributed by atoms with van der Waals surface area (Å²) < 4.78 is 68.6. The number of aliphatic hydroxyl groups is 1. The Morgan fingerprint density at radius 3 is 0.687 bits per heavy atom. The highest BCUT2D eigenvalue weighted by molar-refractivity contribution is 7.47. The molecule has 0 amide bonds. The van der Waals surface area contributed by atoms with Crippen molar-refractivity contribution in [2.45, 2.75) is 433 Å². The first kappa shape index (κ1) is 97.1. The van der Waals surface area contributed by atoms with E-state index in [1.807, 2.05) is 0 Å². The summed E-state index contributed by atoms with van der Waals surface area (Å²) in [5.41, 5.74) is 0. The van der Waals surface area contributed by atoms with Gasteiger partial charge in [-0.05, 0) is 43.4 Å². The van der Waals surface area contributed by atoms with Gasteiger partial charge in [0.15, 0.2) is 12.2 Å². The van der Waals surface area contributed by atoms with E-state index < -0.39 is 97.5 Å². The maximum atomic E-state index is 13.1. The number of carbonyl (C=O) groups excluding carboxylic acids is 4. The maximum Gasteiger partial charge on any atom is 0.472 e. The standard InChI is InChI=1S/C80H156O17P2/c1-8-9-10-11-12-13-14-15-16-17-18-19-20-21-22-23-24-25-33-42-49-56-63-79(84)96-75(67-90-77(82)61-54-47-40-32-28-26-30-37-44-51-58-71(2)3)69-94-98(86,87)92-65-74(81)66-93-99(88,89)95-70-76(68-91-78(83)62-55-48-41-36-35-39-46-53-60-73(6)7)97-80(85)64-57-50-43-34-29-27-31-38-45-52-59-72(4)5/h71-76,81H,8-70H2,1-7H3,(H,86,87)(H,88,89)/t74-,75-,76-/m1/s1. The molecule has 2 unspecified atom stereocenters. The fourth-order valence-electron chi connectivity index (χ4n) is 12.3. The van der Waals surface area contributed by atoms with Crippen LogP contribution in [-0.2, 0) is 65.4 Å². The lowest BCUT2D eigenvalue weighted by Gasteiger charge is -2.21. The zero-order valence-electron chi connectivity index (χ0n) is 65.0. The number of rotatable bonds is 78. The molecule has 5 atom stereocenters. The molecule has 0 spiro atoms. The van der Waals surface area contributed by atoms with Crippen LogP contribution in [0.3, 0.4) is 0 Å². The van der Waals surface area contributed by atoms with Gasteiger partial charge in [-0.15, -0.1) is 0 Å². The molecule has 0 saturated heterocycles. The van der Waals surface area contributed by atoms with Crippen molar-refractivity contribution in [3.63, 3.8) is 0 Å². The first-order chi connectivity index (χ1) is 47.7. The minimum atomic E-state index is -4.96. The monoisotopic (exact) mass is 1450 g/mol. The van der Waals surface area contributed by atoms with Gasteiger partial charge in [0.1, 0.15) is 19.3 Å². The van der Waals surface area contributed by atoms with E-state index in [4.69, 9.17) is 37.0 Å². The molecule has 0 aliphatic heterocycles. The molecule has 0 aromatic rings. The van der Waals surface area contributed by atoms with E-state index in [1.165, 1.54) is 225 Å². The van der Waals surface area contributed by atoms with E-state index in [0.717, 1.165) is 108 Å². The van der Waals surface area contributed by atoms with Gasteiger partial charge in [0, 0.05) is 25.7 Å². The van der Waals surface area contributed by atoms with Crippen LogP contribution in [0.1, 0.15) is 414 Å². The van der Waals surface area contributed by atoms with E-state index in [9.17, 15) is 43.2 Å². The predicted molar refractivity (Wildman–Crippen MR) is 405 cm³/mol. The summed E-state index contributed by atoms with van der Waals surface area (Å²) >= 11 is 0. The highest BCUT2D eigenvalue weighted by Crippen LogP contribution is 2.45. The first-order valence-electron chi connectivity index (χ1n) is 41.3. The molecule has 0 fully saturated rings. The molecule has 19 heteroatoms. The number of esters is 4. The fraction of sp³-hybridized carbons (Fsp3) is 0.950. The Hall–Kier alpha value is -1.94. The number of hydrogen-bond donors (Lipinski definition) is 3. The Labute approximate surface area is 607 Å². The Balaban J connectivity index is 5.20. The van der Waals surface area contributed by atoms with Crippen LogP contribution in [0.15, 0.2) is 0 Å². The van der Waals surface area contributed by atoms with Crippen LogP contribution < -0.4 is 0 Å². The van der Waals surface area contributed by atoms with Crippen molar-refractivity contribution < 1.29 is 80.2 Å². The Morgan fingerprint density at radius 1 is 0.273 bits per heavy atom. The predicted octanol–water partition coefficient (Wildman–Crippen LogP) is 23.7. The van der Waals surface area contributed by atoms with Crippen molar-refractivity contribution >= 4 is 39.5 Å². The second-order valence-corrected chi connectivity index (χ2v) is 33.1. The van der Waals surface area contributed by atoms with Crippen molar-refractivity contribution in [1.82, 2.24) is 0 Å². The Morgan fingerprint density at radius 2 is 0.465 bits per heavy atom. The lowest BCUT2D eigenvalue weighted by molar-refractivity contribution is -0.161. The summed E-state index contributed by atoms with van der Waals surface area (Å²) in [6, 6.07) is 0. The normalized spacial score (nSPS) is 14.0. The van der Waals surface area contributed by atoms with Gasteiger partial charge >= 0.3 is 39.5 Å². The van der Waals surface area contributed by atoms with Crippen molar-refractivity contribution in [3.05, 3.63) is 0 Å². The van der Waals surface area contributed by atoms with Crippen LogP contribution in [0.2, 0.25) is 0 Å². The van der Waals surface area contributed by atoms with Crippen molar-refractivity contribution in [2.24, 2.45) is 17.8 Å². The largest absolute Gasteiger partial charge is 0.472 e. The number of ether oxygens (including phenoxy) is 4. The van der Waals surface area contributed by atoms with E-state index in [0.29, 0.717) is 25.7 Å². The summed E-state index contributed by atoms with van der Waals surface area (Å²) in [5.74, 6) is 0.121. The Bertz CT molecular complexity index is 1920. The number of phosphoric ester groups is 2. The van der Waals surface area contributed by atoms with Crippen LogP contribution in [0, 0.1) is 17.8 Å². The van der Waals surface area contributed by atoms with E-state index in [1.54, 1.807) is 0 Å². The van der Waals surface area contributed by atoms with Gasteiger partial charge in [-0.1, -0.05) is 363 Å². The van der Waals surface area contributed by atoms with Crippen molar-refractivity contribution in [2.75, 3.05) is 39.6 Å². The summed E-state index contributed by atoms with van der Waals surface area (Å²) in [6.45, 7) is 11.9. The fourth-order valence-corrected chi connectivity index (χ4v) is 13.9. The van der Waals surface area contributed by atoms with Crippen LogP contribution in [0.4, 0.5) is 0 Å². The second kappa shape index (κ2) is 70.4. The molecule has 0 rings (SSSR count). The average Bonchev–Trinajstić information content (AvgIpc) is 1.20. The number of carbonyl (C=O) groups is 4. The zero-order chi connectivity index (χ0) is 73.0. The Kier molecular flexibility index (Phi) is 69.0. The SMILES string of the molecule is CCCCCCCCCCCCCCCCCCCCCCCCC(=O)O[C@H](COC(=O)CCCCCCCCCCCCC(C)C)COP(=O)(O)OC[C@@H](O)COP(=O)(O)OC[C@@H](COC(=O)CCCCCCCCCCC(C)C)OC(=O)CCCCCCCCCCCCC(C)C. The van der Waals surface area contributed by atoms with Gasteiger partial charge in [-0.2, -0.15) is 0 Å². The molecular weight excluding hydrogens is 1290 g/mol. The van der Waals surface area contributed by atoms with Gasteiger partial charge in [0.05, 0.1) is 26.4 Å². The van der Waals surface area contributed by atoms with Crippen LogP contribution in [0.25, 0.3) is 0 Å². The number of phosphoric acid groups is 2. The molecule has 0 aliphatic carbocycles. The summed E-state index contributed by atoms with van der Waals surface area (Å²) in [6.07, 6.45) is 58.5. The number of aliphatic hydroxyl groups excluding tert-OH is 1. The number of unbranched alkanes of at least 4 members (excludes halogenated alkanes) is 46. The third kappa shape index (κ3) is 74.1. The van der Waals surface area contributed by atoms with E-state index in [2.05, 4.69) is 48.5 Å². The molecule has 0 aromatic carbocycles. The molecule has 0 heterocycles. The van der Waals surface area contributed by atoms with E-state index >= 15 is 0 Å². The topological polar surface area (TPSA) is 237 Å². The molecule has 0 radical (unpaired) electrons. The van der Waals surface area contributed by atoms with Gasteiger partial charge in [-0.3, -0.25) is 37.3 Å². The number of hydrogen-bond acceptors (Lipinski definition) is 15. The molecule has 0 aliphatic rings. The molecule has 17 nitrogen and oxygen atoms in total. The van der Waals surface area contributed by atoms with Gasteiger partial charge in [-0.25, -0.2) is 9.13 Å². The molecular formula is C80H156O17P2. The molecule has 99 heavy (non-hydrogen) atoms. The van der Waals surface area contributed by atoms with Crippen molar-refractivity contribution in [1.29, 1.82) is 0 Å². The molecule has 588 valence electrons. The van der Waals surface area contributed by atoms with Crippen molar-refractivity contribution in [3.8, 4) is 0 Å². The quantitative estimate of drug-likeness (QED) is 0.0222. The van der Waals surface area contributed by atoms with Gasteiger partial charge in [0.2, 0.25) is 0 Å². The third-order valence-electron chi connectivity index (χ3n) is 18.6. The zero-order valence-corrected chi connectivity index (χ0v) is 66.8. The summed E-state index contributed by atoms with van der Waals surface area (Å²) in [7, 11) is -9.92. The minimum absolute atomic E-state index is 0.105. The molecule has 0 aromatic heterocycles. The van der Waals surface area contributed by atoms with Gasteiger partial charge < -0.3 is 33.8 Å². The smallest absolute Gasteiger partial charge is 0.462 e. The third-order valence-corrected chi connectivity index (χ3v) is 20.5. The maximum absolute atomic E-state index is 13.1. The molecule has 0 saturated carbocycles. The van der Waals surface area contributed by atoms with E-state index in [-0.39, 0.29) is 25.7 Å². The average molecular weight is 1450 g/mol. The highest BCUT2D eigenvalue weighted by atomic mass is 31.2. The summed E-state index contributed by atoms with van der Waals surface area (Å²) in [4.78, 5) is 72.9.